The predicted molar refractivity (Wildman–Crippen MR) is 80.3 cm³/mol. The van der Waals surface area contributed by atoms with Gasteiger partial charge in [0.15, 0.2) is 5.82 Å². The fourth-order valence-electron chi connectivity index (χ4n) is 3.04. The lowest BCUT2D eigenvalue weighted by Crippen LogP contribution is -2.50. The highest BCUT2D eigenvalue weighted by Crippen LogP contribution is 2.31. The monoisotopic (exact) mass is 316 g/mol. The summed E-state index contributed by atoms with van der Waals surface area (Å²) in [5.41, 5.74) is -0.534. The molecule has 1 aromatic carbocycles. The summed E-state index contributed by atoms with van der Waals surface area (Å²) in [7, 11) is 0. The van der Waals surface area contributed by atoms with Gasteiger partial charge < -0.3 is 14.5 Å². The van der Waals surface area contributed by atoms with Crippen LogP contribution in [0.2, 0.25) is 0 Å². The SMILES string of the molecule is Cc1noc(CC2(O)CCCN(c3cccc(F)c3C#N)C2)n1. The van der Waals surface area contributed by atoms with E-state index >= 15 is 0 Å². The third-order valence-electron chi connectivity index (χ3n) is 4.05. The number of aryl methyl sites for hydroxylation is 1. The molecule has 0 saturated carbocycles. The maximum absolute atomic E-state index is 13.8. The Hall–Kier alpha value is -2.46. The minimum absolute atomic E-state index is 0.00499. The fraction of sp³-hybridized carbons (Fsp3) is 0.438. The van der Waals surface area contributed by atoms with Gasteiger partial charge in [-0.3, -0.25) is 0 Å². The number of nitriles is 1. The quantitative estimate of drug-likeness (QED) is 0.931. The Bertz CT molecular complexity index is 755. The van der Waals surface area contributed by atoms with Crippen molar-refractivity contribution in [1.29, 1.82) is 5.26 Å². The van der Waals surface area contributed by atoms with Crippen molar-refractivity contribution in [2.45, 2.75) is 31.8 Å². The molecule has 1 saturated heterocycles. The van der Waals surface area contributed by atoms with Crippen molar-refractivity contribution >= 4 is 5.69 Å². The topological polar surface area (TPSA) is 86.2 Å². The molecule has 1 aromatic heterocycles. The number of aliphatic hydroxyl groups is 1. The highest BCUT2D eigenvalue weighted by molar-refractivity contribution is 5.60. The van der Waals surface area contributed by atoms with Crippen LogP contribution in [0.3, 0.4) is 0 Å². The van der Waals surface area contributed by atoms with Crippen LogP contribution in [-0.4, -0.2) is 33.9 Å². The molecular weight excluding hydrogens is 299 g/mol. The van der Waals surface area contributed by atoms with E-state index in [1.54, 1.807) is 19.1 Å². The van der Waals surface area contributed by atoms with E-state index in [1.807, 2.05) is 11.0 Å². The highest BCUT2D eigenvalue weighted by Gasteiger charge is 2.36. The Morgan fingerprint density at radius 3 is 3.04 bits per heavy atom. The first-order valence-corrected chi connectivity index (χ1v) is 7.46. The lowest BCUT2D eigenvalue weighted by molar-refractivity contribution is 0.0193. The molecule has 23 heavy (non-hydrogen) atoms. The first-order valence-electron chi connectivity index (χ1n) is 7.46. The molecule has 1 unspecified atom stereocenters. The van der Waals surface area contributed by atoms with E-state index in [9.17, 15) is 14.8 Å². The Morgan fingerprint density at radius 2 is 2.35 bits per heavy atom. The molecule has 0 spiro atoms. The molecule has 120 valence electrons. The van der Waals surface area contributed by atoms with E-state index in [-0.39, 0.29) is 18.5 Å². The lowest BCUT2D eigenvalue weighted by atomic mass is 9.89. The van der Waals surface area contributed by atoms with Gasteiger partial charge in [-0.25, -0.2) is 4.39 Å². The summed E-state index contributed by atoms with van der Waals surface area (Å²) in [4.78, 5) is 5.97. The molecule has 6 nitrogen and oxygen atoms in total. The molecule has 2 heterocycles. The van der Waals surface area contributed by atoms with Crippen LogP contribution in [0.1, 0.15) is 30.1 Å². The van der Waals surface area contributed by atoms with Gasteiger partial charge in [0.1, 0.15) is 17.4 Å². The molecule has 0 bridgehead atoms. The summed E-state index contributed by atoms with van der Waals surface area (Å²) in [6.45, 7) is 2.66. The summed E-state index contributed by atoms with van der Waals surface area (Å²) < 4.78 is 18.9. The second-order valence-electron chi connectivity index (χ2n) is 5.91. The number of piperidine rings is 1. The fourth-order valence-corrected chi connectivity index (χ4v) is 3.04. The van der Waals surface area contributed by atoms with Crippen molar-refractivity contribution in [1.82, 2.24) is 10.1 Å². The van der Waals surface area contributed by atoms with Crippen LogP contribution in [0, 0.1) is 24.1 Å². The third kappa shape index (κ3) is 3.17. The Balaban J connectivity index is 1.83. The molecular formula is C16H17FN4O2. The van der Waals surface area contributed by atoms with Crippen molar-refractivity contribution in [2.75, 3.05) is 18.0 Å². The van der Waals surface area contributed by atoms with Gasteiger partial charge in [0, 0.05) is 13.1 Å². The second kappa shape index (κ2) is 5.97. The molecule has 1 fully saturated rings. The number of β-amino-alcohol motifs (C(OH)–C–C–N with tert-alkyl or cyclic N) is 1. The maximum atomic E-state index is 13.8. The predicted octanol–water partition coefficient (Wildman–Crippen LogP) is 1.96. The summed E-state index contributed by atoms with van der Waals surface area (Å²) >= 11 is 0. The van der Waals surface area contributed by atoms with Crippen LogP contribution in [0.25, 0.3) is 0 Å². The van der Waals surface area contributed by atoms with Gasteiger partial charge in [-0.15, -0.1) is 0 Å². The summed E-state index contributed by atoms with van der Waals surface area (Å²) in [6, 6.07) is 6.43. The zero-order valence-corrected chi connectivity index (χ0v) is 12.8. The zero-order chi connectivity index (χ0) is 16.4. The van der Waals surface area contributed by atoms with Crippen molar-refractivity contribution in [3.8, 4) is 6.07 Å². The van der Waals surface area contributed by atoms with Crippen LogP contribution in [0.15, 0.2) is 22.7 Å². The van der Waals surface area contributed by atoms with Crippen molar-refractivity contribution in [3.05, 3.63) is 41.3 Å². The average molecular weight is 316 g/mol. The van der Waals surface area contributed by atoms with Gasteiger partial charge in [0.05, 0.1) is 17.7 Å². The van der Waals surface area contributed by atoms with Gasteiger partial charge in [0.2, 0.25) is 5.89 Å². The van der Waals surface area contributed by atoms with Crippen LogP contribution in [-0.2, 0) is 6.42 Å². The number of rotatable bonds is 3. The van der Waals surface area contributed by atoms with E-state index in [2.05, 4.69) is 10.1 Å². The molecule has 1 aliphatic heterocycles. The first-order chi connectivity index (χ1) is 11.0. The Kier molecular flexibility index (Phi) is 4.01. The van der Waals surface area contributed by atoms with Crippen molar-refractivity contribution in [3.63, 3.8) is 0 Å². The Morgan fingerprint density at radius 1 is 1.52 bits per heavy atom. The lowest BCUT2D eigenvalue weighted by Gasteiger charge is -2.40. The van der Waals surface area contributed by atoms with E-state index in [0.29, 0.717) is 30.4 Å². The van der Waals surface area contributed by atoms with Crippen LogP contribution >= 0.6 is 0 Å². The average Bonchev–Trinajstić information content (AvgIpc) is 2.91. The number of aromatic nitrogens is 2. The zero-order valence-electron chi connectivity index (χ0n) is 12.8. The minimum Gasteiger partial charge on any atom is -0.388 e. The van der Waals surface area contributed by atoms with Gasteiger partial charge in [-0.05, 0) is 31.9 Å². The summed E-state index contributed by atoms with van der Waals surface area (Å²) in [5, 5.41) is 23.8. The van der Waals surface area contributed by atoms with Crippen LogP contribution in [0.4, 0.5) is 10.1 Å². The second-order valence-corrected chi connectivity index (χ2v) is 5.91. The smallest absolute Gasteiger partial charge is 0.229 e. The molecule has 7 heteroatoms. The van der Waals surface area contributed by atoms with E-state index in [0.717, 1.165) is 6.42 Å². The molecule has 1 N–H and O–H groups in total. The van der Waals surface area contributed by atoms with Gasteiger partial charge in [0.25, 0.3) is 0 Å². The molecule has 0 radical (unpaired) electrons. The van der Waals surface area contributed by atoms with Gasteiger partial charge in [-0.2, -0.15) is 10.2 Å². The standard InChI is InChI=1S/C16H17FN4O2/c1-11-19-15(23-20-11)8-16(22)6-3-7-21(10-16)14-5-2-4-13(17)12(14)9-18/h2,4-5,22H,3,6-8,10H2,1H3. The number of hydrogen-bond acceptors (Lipinski definition) is 6. The third-order valence-corrected chi connectivity index (χ3v) is 4.05. The van der Waals surface area contributed by atoms with Gasteiger partial charge >= 0.3 is 0 Å². The number of hydrogen-bond donors (Lipinski definition) is 1. The van der Waals surface area contributed by atoms with Crippen LogP contribution < -0.4 is 4.90 Å². The molecule has 0 aliphatic carbocycles. The normalized spacial score (nSPS) is 21.2. The maximum Gasteiger partial charge on any atom is 0.229 e. The molecule has 0 amide bonds. The van der Waals surface area contributed by atoms with E-state index < -0.39 is 11.4 Å². The molecule has 2 aromatic rings. The Labute approximate surface area is 133 Å². The van der Waals surface area contributed by atoms with Crippen molar-refractivity contribution in [2.24, 2.45) is 0 Å². The molecule has 3 rings (SSSR count). The van der Waals surface area contributed by atoms with E-state index in [1.165, 1.54) is 6.07 Å². The van der Waals surface area contributed by atoms with Crippen LogP contribution in [0.5, 0.6) is 0 Å². The number of halogens is 1. The summed E-state index contributed by atoms with van der Waals surface area (Å²) in [6.07, 6.45) is 1.55. The van der Waals surface area contributed by atoms with E-state index in [4.69, 9.17) is 4.52 Å². The number of benzene rings is 1. The number of anilines is 1. The number of nitrogens with zero attached hydrogens (tertiary/aromatic N) is 4. The molecule has 1 atom stereocenters. The van der Waals surface area contributed by atoms with Crippen molar-refractivity contribution < 1.29 is 14.0 Å². The highest BCUT2D eigenvalue weighted by atomic mass is 19.1. The first kappa shape index (κ1) is 15.4. The van der Waals surface area contributed by atoms with Gasteiger partial charge in [-0.1, -0.05) is 11.2 Å². The summed E-state index contributed by atoms with van der Waals surface area (Å²) in [5.74, 6) is 0.353. The largest absolute Gasteiger partial charge is 0.388 e. The minimum atomic E-state index is -1.05. The molecule has 1 aliphatic rings.